The number of carbonyl (C=O) groups excluding carboxylic acids is 1. The van der Waals surface area contributed by atoms with Gasteiger partial charge in [0.15, 0.2) is 10.9 Å². The van der Waals surface area contributed by atoms with Crippen LogP contribution in [-0.4, -0.2) is 41.7 Å². The Kier molecular flexibility index (Phi) is 7.02. The summed E-state index contributed by atoms with van der Waals surface area (Å²) < 4.78 is 56.0. The number of sulfonamides is 1. The van der Waals surface area contributed by atoms with Crippen LogP contribution in [0, 0.1) is 24.5 Å². The molecule has 1 fully saturated rings. The van der Waals surface area contributed by atoms with Crippen molar-refractivity contribution in [3.8, 4) is 0 Å². The van der Waals surface area contributed by atoms with Gasteiger partial charge < -0.3 is 0 Å². The summed E-state index contributed by atoms with van der Waals surface area (Å²) in [6.07, 6.45) is 2.27. The number of aromatic nitrogens is 2. The molecule has 0 aliphatic carbocycles. The molecule has 0 bridgehead atoms. The minimum Gasteiger partial charge on any atom is -0.282 e. The third kappa shape index (κ3) is 5.25. The first-order chi connectivity index (χ1) is 17.7. The van der Waals surface area contributed by atoms with Crippen LogP contribution in [0.5, 0.6) is 0 Å². The fourth-order valence-electron chi connectivity index (χ4n) is 4.38. The molecule has 0 radical (unpaired) electrons. The number of nitrogens with zero attached hydrogens (tertiary/aromatic N) is 4. The van der Waals surface area contributed by atoms with E-state index in [4.69, 9.17) is 0 Å². The Morgan fingerprint density at radius 3 is 2.51 bits per heavy atom. The fourth-order valence-corrected chi connectivity index (χ4v) is 6.86. The van der Waals surface area contributed by atoms with Gasteiger partial charge in [-0.2, -0.15) is 4.31 Å². The predicted molar refractivity (Wildman–Crippen MR) is 138 cm³/mol. The van der Waals surface area contributed by atoms with E-state index in [0.717, 1.165) is 23.0 Å². The molecule has 37 heavy (non-hydrogen) atoms. The van der Waals surface area contributed by atoms with E-state index in [2.05, 4.69) is 9.97 Å². The molecule has 0 saturated carbocycles. The van der Waals surface area contributed by atoms with E-state index in [1.54, 1.807) is 48.7 Å². The average Bonchev–Trinajstić information content (AvgIpc) is 3.32. The van der Waals surface area contributed by atoms with E-state index >= 15 is 0 Å². The largest absolute Gasteiger partial charge is 0.282 e. The first-order valence-corrected chi connectivity index (χ1v) is 14.0. The normalized spacial score (nSPS) is 15.2. The highest BCUT2D eigenvalue weighted by Crippen LogP contribution is 2.34. The van der Waals surface area contributed by atoms with E-state index < -0.39 is 27.6 Å². The molecule has 1 saturated heterocycles. The minimum absolute atomic E-state index is 0.000712. The number of hydrogen-bond donors (Lipinski definition) is 0. The molecule has 1 aliphatic rings. The SMILES string of the molecule is Cc1ccc(S(=O)(=O)N2CCC(C(=O)N(Cc3ccccn3)c3nc4c(F)cc(F)cc4s3)CC2)cc1. The molecule has 2 aromatic heterocycles. The molecular weight excluding hydrogens is 518 g/mol. The summed E-state index contributed by atoms with van der Waals surface area (Å²) in [6, 6.07) is 14.0. The predicted octanol–water partition coefficient (Wildman–Crippen LogP) is 4.91. The van der Waals surface area contributed by atoms with Gasteiger partial charge in [0.2, 0.25) is 15.9 Å². The Balaban J connectivity index is 1.39. The molecule has 0 spiro atoms. The third-order valence-corrected chi connectivity index (χ3v) is 9.35. The highest BCUT2D eigenvalue weighted by atomic mass is 32.2. The Morgan fingerprint density at radius 2 is 1.84 bits per heavy atom. The van der Waals surface area contributed by atoms with Gasteiger partial charge in [0.05, 0.1) is 21.8 Å². The number of rotatable bonds is 6. The molecule has 0 N–H and O–H groups in total. The van der Waals surface area contributed by atoms with Crippen LogP contribution in [-0.2, 0) is 21.4 Å². The number of carbonyl (C=O) groups is 1. The maximum atomic E-state index is 14.3. The summed E-state index contributed by atoms with van der Waals surface area (Å²) >= 11 is 1.03. The van der Waals surface area contributed by atoms with Crippen molar-refractivity contribution in [1.82, 2.24) is 14.3 Å². The molecular formula is C26H24F2N4O3S2. The lowest BCUT2D eigenvalue weighted by Gasteiger charge is -2.33. The molecule has 192 valence electrons. The number of benzene rings is 2. The first-order valence-electron chi connectivity index (χ1n) is 11.8. The van der Waals surface area contributed by atoms with Gasteiger partial charge in [-0.1, -0.05) is 35.1 Å². The van der Waals surface area contributed by atoms with Gasteiger partial charge in [0.1, 0.15) is 11.3 Å². The average molecular weight is 543 g/mol. The lowest BCUT2D eigenvalue weighted by Crippen LogP contribution is -2.44. The van der Waals surface area contributed by atoms with Gasteiger partial charge in [-0.05, 0) is 50.1 Å². The second-order valence-electron chi connectivity index (χ2n) is 8.97. The standard InChI is InChI=1S/C26H24F2N4O3S2/c1-17-5-7-21(8-6-17)37(34,35)31-12-9-18(10-13-31)25(33)32(16-20-4-2-3-11-29-20)26-30-24-22(28)14-19(27)15-23(24)36-26/h2-8,11,14-15,18H,9-10,12-13,16H2,1H3. The van der Waals surface area contributed by atoms with Crippen LogP contribution in [0.25, 0.3) is 10.2 Å². The van der Waals surface area contributed by atoms with Crippen molar-refractivity contribution in [2.24, 2.45) is 5.92 Å². The van der Waals surface area contributed by atoms with Crippen molar-refractivity contribution in [2.75, 3.05) is 18.0 Å². The quantitative estimate of drug-likeness (QED) is 0.346. The molecule has 4 aromatic rings. The van der Waals surface area contributed by atoms with Crippen molar-refractivity contribution in [3.05, 3.63) is 83.7 Å². The number of amides is 1. The summed E-state index contributed by atoms with van der Waals surface area (Å²) in [6.45, 7) is 2.39. The molecule has 0 unspecified atom stereocenters. The number of piperidine rings is 1. The van der Waals surface area contributed by atoms with Crippen molar-refractivity contribution < 1.29 is 22.0 Å². The number of fused-ring (bicyclic) bond motifs is 1. The third-order valence-electron chi connectivity index (χ3n) is 6.41. The van der Waals surface area contributed by atoms with E-state index in [-0.39, 0.29) is 41.1 Å². The van der Waals surface area contributed by atoms with Gasteiger partial charge in [-0.3, -0.25) is 14.7 Å². The molecule has 2 aromatic carbocycles. The number of pyridine rings is 1. The molecule has 5 rings (SSSR count). The highest BCUT2D eigenvalue weighted by molar-refractivity contribution is 7.89. The van der Waals surface area contributed by atoms with E-state index in [0.29, 0.717) is 23.2 Å². The van der Waals surface area contributed by atoms with Crippen LogP contribution < -0.4 is 4.90 Å². The van der Waals surface area contributed by atoms with E-state index in [1.165, 1.54) is 15.3 Å². The Morgan fingerprint density at radius 1 is 1.11 bits per heavy atom. The van der Waals surface area contributed by atoms with Crippen molar-refractivity contribution in [2.45, 2.75) is 31.2 Å². The molecule has 1 aliphatic heterocycles. The molecule has 0 atom stereocenters. The van der Waals surface area contributed by atoms with Crippen LogP contribution in [0.15, 0.2) is 65.7 Å². The molecule has 7 nitrogen and oxygen atoms in total. The second-order valence-corrected chi connectivity index (χ2v) is 11.9. The van der Waals surface area contributed by atoms with Gasteiger partial charge in [0, 0.05) is 31.3 Å². The second kappa shape index (κ2) is 10.2. The first kappa shape index (κ1) is 25.4. The van der Waals surface area contributed by atoms with Gasteiger partial charge >= 0.3 is 0 Å². The zero-order valence-electron chi connectivity index (χ0n) is 20.0. The topological polar surface area (TPSA) is 83.5 Å². The summed E-state index contributed by atoms with van der Waals surface area (Å²) in [4.78, 5) is 24.0. The summed E-state index contributed by atoms with van der Waals surface area (Å²) in [5.74, 6) is -2.22. The smallest absolute Gasteiger partial charge is 0.243 e. The van der Waals surface area contributed by atoms with Gasteiger partial charge in [-0.25, -0.2) is 22.2 Å². The van der Waals surface area contributed by atoms with Gasteiger partial charge in [-0.15, -0.1) is 0 Å². The zero-order chi connectivity index (χ0) is 26.2. The van der Waals surface area contributed by atoms with E-state index in [9.17, 15) is 22.0 Å². The maximum absolute atomic E-state index is 14.3. The minimum atomic E-state index is -3.66. The number of thiazole rings is 1. The highest BCUT2D eigenvalue weighted by Gasteiger charge is 2.35. The molecule has 1 amide bonds. The van der Waals surface area contributed by atoms with Crippen LogP contribution in [0.2, 0.25) is 0 Å². The summed E-state index contributed by atoms with van der Waals surface area (Å²) in [7, 11) is -3.66. The zero-order valence-corrected chi connectivity index (χ0v) is 21.6. The van der Waals surface area contributed by atoms with Crippen molar-refractivity contribution in [3.63, 3.8) is 0 Å². The van der Waals surface area contributed by atoms with Crippen molar-refractivity contribution >= 4 is 42.6 Å². The lowest BCUT2D eigenvalue weighted by molar-refractivity contribution is -0.123. The maximum Gasteiger partial charge on any atom is 0.243 e. The molecule has 3 heterocycles. The monoisotopic (exact) mass is 542 g/mol. The Hall–Kier alpha value is -3.28. The van der Waals surface area contributed by atoms with E-state index in [1.807, 2.05) is 6.92 Å². The van der Waals surface area contributed by atoms with Crippen LogP contribution >= 0.6 is 11.3 Å². The van der Waals surface area contributed by atoms with Crippen LogP contribution in [0.4, 0.5) is 13.9 Å². The molecule has 11 heteroatoms. The number of halogens is 2. The number of hydrogen-bond acceptors (Lipinski definition) is 6. The lowest BCUT2D eigenvalue weighted by atomic mass is 9.96. The van der Waals surface area contributed by atoms with Gasteiger partial charge in [0.25, 0.3) is 0 Å². The van der Waals surface area contributed by atoms with Crippen LogP contribution in [0.3, 0.4) is 0 Å². The Bertz CT molecular complexity index is 1540. The fraction of sp³-hybridized carbons (Fsp3) is 0.269. The summed E-state index contributed by atoms with van der Waals surface area (Å²) in [5.41, 5.74) is 1.58. The number of aryl methyl sites for hydroxylation is 1. The number of anilines is 1. The Labute approximate surface area is 217 Å². The van der Waals surface area contributed by atoms with Crippen LogP contribution in [0.1, 0.15) is 24.1 Å². The van der Waals surface area contributed by atoms with Crippen molar-refractivity contribution in [1.29, 1.82) is 0 Å². The summed E-state index contributed by atoms with van der Waals surface area (Å²) in [5, 5.41) is 0.241.